The van der Waals surface area contributed by atoms with E-state index in [2.05, 4.69) is 0 Å². The zero-order valence-corrected chi connectivity index (χ0v) is 9.64. The summed E-state index contributed by atoms with van der Waals surface area (Å²) in [6.45, 7) is 9.59. The molecule has 0 radical (unpaired) electrons. The first-order chi connectivity index (χ1) is 5.56. The van der Waals surface area contributed by atoms with Crippen LogP contribution in [0.5, 0.6) is 0 Å². The summed E-state index contributed by atoms with van der Waals surface area (Å²) in [5.41, 5.74) is 5.50. The molecule has 3 heteroatoms. The summed E-state index contributed by atoms with van der Waals surface area (Å²) in [5.74, 6) is 0.0780. The van der Waals surface area contributed by atoms with Crippen LogP contribution in [0.4, 0.5) is 0 Å². The Kier molecular flexibility index (Phi) is 3.50. The molecule has 0 aromatic rings. The molecule has 0 atom stereocenters. The average Bonchev–Trinajstić information content (AvgIpc) is 1.80. The summed E-state index contributed by atoms with van der Waals surface area (Å²) < 4.78 is 0. The van der Waals surface area contributed by atoms with E-state index < -0.39 is 0 Å². The van der Waals surface area contributed by atoms with Gasteiger partial charge >= 0.3 is 0 Å². The molecule has 0 saturated heterocycles. The van der Waals surface area contributed by atoms with Crippen LogP contribution in [-0.2, 0) is 4.79 Å². The van der Waals surface area contributed by atoms with Crippen LogP contribution in [0.3, 0.4) is 0 Å². The van der Waals surface area contributed by atoms with Gasteiger partial charge in [0.25, 0.3) is 0 Å². The van der Waals surface area contributed by atoms with Gasteiger partial charge in [0, 0.05) is 25.0 Å². The molecule has 0 spiro atoms. The quantitative estimate of drug-likeness (QED) is 0.723. The lowest BCUT2D eigenvalue weighted by Gasteiger charge is -2.39. The monoisotopic (exact) mass is 186 g/mol. The number of amides is 1. The first-order valence-corrected chi connectivity index (χ1v) is 4.59. The standard InChI is InChI=1S/C10H22N2O/c1-8(13)12(6)10(4,5)7-9(2,3)11/h7,11H2,1-6H3. The van der Waals surface area contributed by atoms with Gasteiger partial charge in [0.1, 0.15) is 0 Å². The second-order valence-electron chi connectivity index (χ2n) is 5.06. The van der Waals surface area contributed by atoms with Crippen molar-refractivity contribution in [3.05, 3.63) is 0 Å². The van der Waals surface area contributed by atoms with Crippen LogP contribution in [0.15, 0.2) is 0 Å². The van der Waals surface area contributed by atoms with Crippen molar-refractivity contribution in [3.8, 4) is 0 Å². The van der Waals surface area contributed by atoms with Gasteiger partial charge in [0.15, 0.2) is 0 Å². The number of nitrogens with zero attached hydrogens (tertiary/aromatic N) is 1. The predicted molar refractivity (Wildman–Crippen MR) is 55.4 cm³/mol. The molecule has 0 aromatic carbocycles. The zero-order chi connectivity index (χ0) is 10.9. The SMILES string of the molecule is CC(=O)N(C)C(C)(C)CC(C)(C)N. The molecular weight excluding hydrogens is 164 g/mol. The highest BCUT2D eigenvalue weighted by Gasteiger charge is 2.30. The van der Waals surface area contributed by atoms with Crippen LogP contribution in [-0.4, -0.2) is 28.9 Å². The Hall–Kier alpha value is -0.570. The van der Waals surface area contributed by atoms with Crippen molar-refractivity contribution in [1.29, 1.82) is 0 Å². The molecule has 3 nitrogen and oxygen atoms in total. The van der Waals surface area contributed by atoms with Gasteiger partial charge in [-0.2, -0.15) is 0 Å². The van der Waals surface area contributed by atoms with Crippen LogP contribution in [0, 0.1) is 0 Å². The average molecular weight is 186 g/mol. The van der Waals surface area contributed by atoms with Crippen molar-refractivity contribution < 1.29 is 4.79 Å². The van der Waals surface area contributed by atoms with E-state index in [-0.39, 0.29) is 17.0 Å². The molecule has 1 amide bonds. The Morgan fingerprint density at radius 2 is 1.69 bits per heavy atom. The third-order valence-corrected chi connectivity index (χ3v) is 2.27. The molecule has 0 saturated carbocycles. The Balaban J connectivity index is 4.48. The molecule has 0 unspecified atom stereocenters. The molecule has 0 aliphatic heterocycles. The maximum absolute atomic E-state index is 11.2. The predicted octanol–water partition coefficient (Wildman–Crippen LogP) is 1.37. The lowest BCUT2D eigenvalue weighted by molar-refractivity contribution is -0.132. The van der Waals surface area contributed by atoms with Crippen molar-refractivity contribution in [2.24, 2.45) is 5.73 Å². The number of rotatable bonds is 3. The lowest BCUT2D eigenvalue weighted by Crippen LogP contribution is -2.50. The van der Waals surface area contributed by atoms with Crippen LogP contribution in [0.2, 0.25) is 0 Å². The van der Waals surface area contributed by atoms with Crippen molar-refractivity contribution in [3.63, 3.8) is 0 Å². The number of hydrogen-bond acceptors (Lipinski definition) is 2. The van der Waals surface area contributed by atoms with Gasteiger partial charge in [-0.1, -0.05) is 0 Å². The van der Waals surface area contributed by atoms with Crippen molar-refractivity contribution in [2.75, 3.05) is 7.05 Å². The molecule has 0 bridgehead atoms. The first-order valence-electron chi connectivity index (χ1n) is 4.59. The minimum absolute atomic E-state index is 0.0780. The third kappa shape index (κ3) is 4.27. The molecule has 2 N–H and O–H groups in total. The molecular formula is C10H22N2O. The van der Waals surface area contributed by atoms with Crippen molar-refractivity contribution in [2.45, 2.75) is 52.1 Å². The van der Waals surface area contributed by atoms with E-state index in [1.54, 1.807) is 11.8 Å². The summed E-state index contributed by atoms with van der Waals surface area (Å²) in [6.07, 6.45) is 0.788. The van der Waals surface area contributed by atoms with E-state index in [4.69, 9.17) is 5.73 Å². The van der Waals surface area contributed by atoms with Gasteiger partial charge in [0.05, 0.1) is 0 Å². The third-order valence-electron chi connectivity index (χ3n) is 2.27. The lowest BCUT2D eigenvalue weighted by atomic mass is 9.86. The Morgan fingerprint density at radius 3 is 1.92 bits per heavy atom. The van der Waals surface area contributed by atoms with Gasteiger partial charge < -0.3 is 10.6 Å². The van der Waals surface area contributed by atoms with Crippen LogP contribution >= 0.6 is 0 Å². The normalized spacial score (nSPS) is 12.8. The van der Waals surface area contributed by atoms with Crippen LogP contribution in [0.1, 0.15) is 41.0 Å². The fraction of sp³-hybridized carbons (Fsp3) is 0.900. The van der Waals surface area contributed by atoms with Crippen LogP contribution < -0.4 is 5.73 Å². The molecule has 0 aromatic heterocycles. The van der Waals surface area contributed by atoms with E-state index >= 15 is 0 Å². The highest BCUT2D eigenvalue weighted by molar-refractivity contribution is 5.73. The molecule has 0 fully saturated rings. The second kappa shape index (κ2) is 3.66. The first kappa shape index (κ1) is 12.4. The topological polar surface area (TPSA) is 46.3 Å². The van der Waals surface area contributed by atoms with E-state index in [0.717, 1.165) is 6.42 Å². The van der Waals surface area contributed by atoms with E-state index in [0.29, 0.717) is 0 Å². The smallest absolute Gasteiger partial charge is 0.219 e. The molecule has 78 valence electrons. The molecule has 13 heavy (non-hydrogen) atoms. The van der Waals surface area contributed by atoms with E-state index in [1.165, 1.54) is 0 Å². The van der Waals surface area contributed by atoms with E-state index in [1.807, 2.05) is 34.7 Å². The van der Waals surface area contributed by atoms with Gasteiger partial charge in [-0.3, -0.25) is 4.79 Å². The number of carbonyl (C=O) groups excluding carboxylic acids is 1. The van der Waals surface area contributed by atoms with Crippen molar-refractivity contribution >= 4 is 5.91 Å². The Labute approximate surface area is 81.3 Å². The highest BCUT2D eigenvalue weighted by Crippen LogP contribution is 2.23. The van der Waals surface area contributed by atoms with Gasteiger partial charge in [-0.05, 0) is 34.1 Å². The van der Waals surface area contributed by atoms with Gasteiger partial charge in [-0.25, -0.2) is 0 Å². The summed E-state index contributed by atoms with van der Waals surface area (Å²) in [4.78, 5) is 12.9. The summed E-state index contributed by atoms with van der Waals surface area (Å²) in [5, 5.41) is 0. The molecule has 0 rings (SSSR count). The fourth-order valence-corrected chi connectivity index (χ4v) is 1.66. The molecule has 0 aliphatic rings. The van der Waals surface area contributed by atoms with Crippen LogP contribution in [0.25, 0.3) is 0 Å². The molecule has 0 heterocycles. The van der Waals surface area contributed by atoms with Gasteiger partial charge in [0.2, 0.25) is 5.91 Å². The molecule has 0 aliphatic carbocycles. The zero-order valence-electron chi connectivity index (χ0n) is 9.64. The maximum atomic E-state index is 11.2. The largest absolute Gasteiger partial charge is 0.341 e. The fourth-order valence-electron chi connectivity index (χ4n) is 1.66. The highest BCUT2D eigenvalue weighted by atomic mass is 16.2. The Bertz CT molecular complexity index is 192. The van der Waals surface area contributed by atoms with E-state index in [9.17, 15) is 4.79 Å². The summed E-state index contributed by atoms with van der Waals surface area (Å²) in [6, 6.07) is 0. The van der Waals surface area contributed by atoms with Gasteiger partial charge in [-0.15, -0.1) is 0 Å². The summed E-state index contributed by atoms with van der Waals surface area (Å²) in [7, 11) is 1.81. The number of carbonyl (C=O) groups is 1. The Morgan fingerprint density at radius 1 is 1.31 bits per heavy atom. The number of hydrogen-bond donors (Lipinski definition) is 1. The minimum atomic E-state index is -0.243. The van der Waals surface area contributed by atoms with Crippen molar-refractivity contribution in [1.82, 2.24) is 4.90 Å². The maximum Gasteiger partial charge on any atom is 0.219 e. The minimum Gasteiger partial charge on any atom is -0.341 e. The second-order valence-corrected chi connectivity index (χ2v) is 5.06. The summed E-state index contributed by atoms with van der Waals surface area (Å²) >= 11 is 0. The number of nitrogens with two attached hydrogens (primary N) is 1.